The summed E-state index contributed by atoms with van der Waals surface area (Å²) < 4.78 is 5.40. The third-order valence-corrected chi connectivity index (χ3v) is 3.68. The molecule has 0 spiro atoms. The van der Waals surface area contributed by atoms with Crippen molar-refractivity contribution >= 4 is 21.9 Å². The van der Waals surface area contributed by atoms with Gasteiger partial charge < -0.3 is 9.72 Å². The summed E-state index contributed by atoms with van der Waals surface area (Å²) in [7, 11) is 1.67. The van der Waals surface area contributed by atoms with Crippen LogP contribution in [0.25, 0.3) is 33.1 Å². The van der Waals surface area contributed by atoms with Crippen molar-refractivity contribution in [2.24, 2.45) is 0 Å². The molecular formula is C17H13N3O. The lowest BCUT2D eigenvalue weighted by Gasteiger charge is -2.10. The van der Waals surface area contributed by atoms with Crippen molar-refractivity contribution in [1.29, 1.82) is 0 Å². The molecule has 4 nitrogen and oxygen atoms in total. The zero-order chi connectivity index (χ0) is 14.2. The van der Waals surface area contributed by atoms with Crippen LogP contribution in [0.1, 0.15) is 0 Å². The largest absolute Gasteiger partial charge is 0.494 e. The number of methoxy groups -OCH3 is 1. The summed E-state index contributed by atoms with van der Waals surface area (Å²) in [5.74, 6) is 0.789. The molecule has 2 aromatic carbocycles. The molecule has 4 aromatic rings. The molecule has 0 fully saturated rings. The van der Waals surface area contributed by atoms with E-state index in [1.807, 2.05) is 18.2 Å². The predicted octanol–water partition coefficient (Wildman–Crippen LogP) is 3.79. The van der Waals surface area contributed by atoms with Crippen LogP contribution in [-0.4, -0.2) is 22.1 Å². The van der Waals surface area contributed by atoms with Crippen molar-refractivity contribution < 1.29 is 4.74 Å². The molecule has 4 rings (SSSR count). The standard InChI is InChI=1S/C17H13N3O/c1-21-16-7-5-12(13-3-2-8-18-17(13)16)11-4-6-14-15(9-11)20-10-19-14/h2-10H,1H3,(H,19,20). The normalized spacial score (nSPS) is 11.1. The number of nitrogens with zero attached hydrogens (tertiary/aromatic N) is 2. The summed E-state index contributed by atoms with van der Waals surface area (Å²) in [6.45, 7) is 0. The third kappa shape index (κ3) is 1.84. The second kappa shape index (κ2) is 4.59. The Bertz CT molecular complexity index is 943. The first-order valence-electron chi connectivity index (χ1n) is 6.72. The van der Waals surface area contributed by atoms with Gasteiger partial charge in [-0.05, 0) is 41.5 Å². The van der Waals surface area contributed by atoms with Crippen LogP contribution in [0.5, 0.6) is 5.75 Å². The van der Waals surface area contributed by atoms with Crippen molar-refractivity contribution in [2.75, 3.05) is 7.11 Å². The van der Waals surface area contributed by atoms with E-state index in [1.54, 1.807) is 19.6 Å². The van der Waals surface area contributed by atoms with Crippen molar-refractivity contribution in [1.82, 2.24) is 15.0 Å². The van der Waals surface area contributed by atoms with E-state index in [1.165, 1.54) is 0 Å². The quantitative estimate of drug-likeness (QED) is 0.605. The van der Waals surface area contributed by atoms with Gasteiger partial charge in [0.25, 0.3) is 0 Å². The first-order chi connectivity index (χ1) is 10.4. The molecule has 21 heavy (non-hydrogen) atoms. The van der Waals surface area contributed by atoms with Gasteiger partial charge in [-0.25, -0.2) is 4.98 Å². The maximum atomic E-state index is 5.40. The number of pyridine rings is 1. The van der Waals surface area contributed by atoms with E-state index in [4.69, 9.17) is 4.74 Å². The van der Waals surface area contributed by atoms with E-state index in [2.05, 4.69) is 39.2 Å². The van der Waals surface area contributed by atoms with Gasteiger partial charge in [-0.3, -0.25) is 4.98 Å². The highest BCUT2D eigenvalue weighted by Crippen LogP contribution is 2.33. The van der Waals surface area contributed by atoms with Gasteiger partial charge in [0.05, 0.1) is 24.5 Å². The zero-order valence-corrected chi connectivity index (χ0v) is 11.5. The minimum Gasteiger partial charge on any atom is -0.494 e. The van der Waals surface area contributed by atoms with Crippen LogP contribution in [0.4, 0.5) is 0 Å². The topological polar surface area (TPSA) is 50.8 Å². The van der Waals surface area contributed by atoms with Crippen molar-refractivity contribution in [3.05, 3.63) is 55.0 Å². The second-order valence-corrected chi connectivity index (χ2v) is 4.85. The fourth-order valence-corrected chi connectivity index (χ4v) is 2.67. The summed E-state index contributed by atoms with van der Waals surface area (Å²) >= 11 is 0. The number of ether oxygens (including phenoxy) is 1. The Hall–Kier alpha value is -2.88. The summed E-state index contributed by atoms with van der Waals surface area (Å²) in [5.41, 5.74) is 5.14. The van der Waals surface area contributed by atoms with Gasteiger partial charge in [-0.15, -0.1) is 0 Å². The molecule has 0 aliphatic heterocycles. The van der Waals surface area contributed by atoms with Crippen LogP contribution in [0.15, 0.2) is 55.0 Å². The zero-order valence-electron chi connectivity index (χ0n) is 11.5. The number of aromatic nitrogens is 3. The van der Waals surface area contributed by atoms with E-state index < -0.39 is 0 Å². The van der Waals surface area contributed by atoms with Crippen LogP contribution in [0, 0.1) is 0 Å². The molecule has 0 aliphatic carbocycles. The lowest BCUT2D eigenvalue weighted by Crippen LogP contribution is -1.89. The Labute approximate surface area is 121 Å². The monoisotopic (exact) mass is 275 g/mol. The number of benzene rings is 2. The minimum absolute atomic E-state index is 0.789. The predicted molar refractivity (Wildman–Crippen MR) is 83.4 cm³/mol. The summed E-state index contributed by atoms with van der Waals surface area (Å²) in [4.78, 5) is 11.8. The fraction of sp³-hybridized carbons (Fsp3) is 0.0588. The molecule has 2 aromatic heterocycles. The highest BCUT2D eigenvalue weighted by Gasteiger charge is 2.09. The minimum atomic E-state index is 0.789. The van der Waals surface area contributed by atoms with Gasteiger partial charge in [0, 0.05) is 11.6 Å². The lowest BCUT2D eigenvalue weighted by molar-refractivity contribution is 0.419. The molecule has 0 bridgehead atoms. The van der Waals surface area contributed by atoms with E-state index >= 15 is 0 Å². The molecule has 0 atom stereocenters. The molecule has 0 saturated carbocycles. The molecule has 0 saturated heterocycles. The Kier molecular flexibility index (Phi) is 2.60. The van der Waals surface area contributed by atoms with E-state index in [-0.39, 0.29) is 0 Å². The number of imidazole rings is 1. The SMILES string of the molecule is COc1ccc(-c2ccc3nc[nH]c3c2)c2cccnc12. The molecule has 0 aliphatic rings. The molecule has 102 valence electrons. The van der Waals surface area contributed by atoms with Gasteiger partial charge in [0.2, 0.25) is 0 Å². The van der Waals surface area contributed by atoms with Crippen LogP contribution < -0.4 is 4.74 Å². The number of fused-ring (bicyclic) bond motifs is 2. The van der Waals surface area contributed by atoms with Crippen molar-refractivity contribution in [2.45, 2.75) is 0 Å². The number of aromatic amines is 1. The van der Waals surface area contributed by atoms with Crippen LogP contribution >= 0.6 is 0 Å². The molecule has 0 amide bonds. The smallest absolute Gasteiger partial charge is 0.145 e. The Morgan fingerprint density at radius 1 is 1.05 bits per heavy atom. The fourth-order valence-electron chi connectivity index (χ4n) is 2.67. The van der Waals surface area contributed by atoms with Crippen LogP contribution in [0.3, 0.4) is 0 Å². The van der Waals surface area contributed by atoms with Gasteiger partial charge in [-0.2, -0.15) is 0 Å². The maximum absolute atomic E-state index is 5.40. The molecule has 2 heterocycles. The first kappa shape index (κ1) is 11.9. The molecule has 0 unspecified atom stereocenters. The number of H-pyrrole nitrogens is 1. The molecule has 0 radical (unpaired) electrons. The van der Waals surface area contributed by atoms with Gasteiger partial charge in [0.15, 0.2) is 0 Å². The average molecular weight is 275 g/mol. The van der Waals surface area contributed by atoms with E-state index in [0.29, 0.717) is 0 Å². The van der Waals surface area contributed by atoms with E-state index in [9.17, 15) is 0 Å². The van der Waals surface area contributed by atoms with E-state index in [0.717, 1.165) is 38.8 Å². The van der Waals surface area contributed by atoms with Crippen molar-refractivity contribution in [3.63, 3.8) is 0 Å². The average Bonchev–Trinajstić information content (AvgIpc) is 3.01. The van der Waals surface area contributed by atoms with Gasteiger partial charge in [0.1, 0.15) is 11.3 Å². The molecular weight excluding hydrogens is 262 g/mol. The second-order valence-electron chi connectivity index (χ2n) is 4.85. The molecule has 4 heteroatoms. The Balaban J connectivity index is 2.01. The van der Waals surface area contributed by atoms with Gasteiger partial charge in [-0.1, -0.05) is 12.1 Å². The number of nitrogens with one attached hydrogen (secondary N) is 1. The number of rotatable bonds is 2. The Morgan fingerprint density at radius 3 is 2.90 bits per heavy atom. The van der Waals surface area contributed by atoms with Gasteiger partial charge >= 0.3 is 0 Å². The van der Waals surface area contributed by atoms with Crippen LogP contribution in [0.2, 0.25) is 0 Å². The highest BCUT2D eigenvalue weighted by molar-refractivity contribution is 5.99. The lowest BCUT2D eigenvalue weighted by atomic mass is 10.00. The Morgan fingerprint density at radius 2 is 2.00 bits per heavy atom. The number of hydrogen-bond acceptors (Lipinski definition) is 3. The summed E-state index contributed by atoms with van der Waals surface area (Å²) in [5, 5.41) is 1.08. The number of hydrogen-bond donors (Lipinski definition) is 1. The third-order valence-electron chi connectivity index (χ3n) is 3.68. The first-order valence-corrected chi connectivity index (χ1v) is 6.72. The summed E-state index contributed by atoms with van der Waals surface area (Å²) in [6, 6.07) is 14.3. The molecule has 1 N–H and O–H groups in total. The van der Waals surface area contributed by atoms with Crippen molar-refractivity contribution in [3.8, 4) is 16.9 Å². The highest BCUT2D eigenvalue weighted by atomic mass is 16.5. The van der Waals surface area contributed by atoms with Crippen LogP contribution in [-0.2, 0) is 0 Å². The maximum Gasteiger partial charge on any atom is 0.145 e. The summed E-state index contributed by atoms with van der Waals surface area (Å²) in [6.07, 6.45) is 3.49.